The van der Waals surface area contributed by atoms with Crippen molar-refractivity contribution in [2.24, 2.45) is 0 Å². The Morgan fingerprint density at radius 2 is 2.00 bits per heavy atom. The van der Waals surface area contributed by atoms with Crippen LogP contribution in [-0.2, 0) is 14.3 Å². The molecule has 0 aliphatic carbocycles. The van der Waals surface area contributed by atoms with Gasteiger partial charge in [-0.2, -0.15) is 0 Å². The van der Waals surface area contributed by atoms with E-state index in [0.29, 0.717) is 13.2 Å². The number of phenolic OH excluding ortho intramolecular Hbond substituents is 1. The zero-order valence-corrected chi connectivity index (χ0v) is 15.6. The molecular weight excluding hydrogens is 356 g/mol. The normalized spacial score (nSPS) is 14.7. The minimum Gasteiger partial charge on any atom is -0.507 e. The number of fused-ring (bicyclic) bond motifs is 1. The summed E-state index contributed by atoms with van der Waals surface area (Å²) >= 11 is 0. The number of carbonyl (C=O) groups is 3. The Kier molecular flexibility index (Phi) is 6.62. The lowest BCUT2D eigenvalue weighted by molar-refractivity contribution is -0.127. The molecule has 9 heteroatoms. The van der Waals surface area contributed by atoms with Gasteiger partial charge in [0, 0.05) is 25.8 Å². The number of ketones is 1. The molecule has 148 valence electrons. The van der Waals surface area contributed by atoms with E-state index in [2.05, 4.69) is 10.6 Å². The summed E-state index contributed by atoms with van der Waals surface area (Å²) in [5.41, 5.74) is -0.582. The van der Waals surface area contributed by atoms with Gasteiger partial charge in [0.25, 0.3) is 5.91 Å². The Balaban J connectivity index is 1.89. The zero-order chi connectivity index (χ0) is 20.0. The van der Waals surface area contributed by atoms with Gasteiger partial charge in [-0.1, -0.05) is 0 Å². The van der Waals surface area contributed by atoms with Crippen LogP contribution in [0.4, 0.5) is 0 Å². The predicted molar refractivity (Wildman–Crippen MR) is 95.2 cm³/mol. The molecule has 0 spiro atoms. The van der Waals surface area contributed by atoms with Crippen molar-refractivity contribution in [3.63, 3.8) is 0 Å². The average Bonchev–Trinajstić information content (AvgIpc) is 2.56. The van der Waals surface area contributed by atoms with Crippen LogP contribution in [0.3, 0.4) is 0 Å². The summed E-state index contributed by atoms with van der Waals surface area (Å²) in [6, 6.07) is 2.71. The molecule has 2 amide bonds. The average molecular weight is 380 g/mol. The second-order valence-corrected chi connectivity index (χ2v) is 6.69. The molecule has 0 aromatic heterocycles. The van der Waals surface area contributed by atoms with Gasteiger partial charge in [0.1, 0.15) is 28.4 Å². The molecule has 0 saturated heterocycles. The van der Waals surface area contributed by atoms with Crippen molar-refractivity contribution in [2.75, 3.05) is 33.4 Å². The quantitative estimate of drug-likeness (QED) is 0.558. The van der Waals surface area contributed by atoms with Crippen molar-refractivity contribution in [1.29, 1.82) is 0 Å². The molecule has 0 fully saturated rings. The van der Waals surface area contributed by atoms with Gasteiger partial charge in [0.2, 0.25) is 5.91 Å². The van der Waals surface area contributed by atoms with E-state index in [9.17, 15) is 19.5 Å². The summed E-state index contributed by atoms with van der Waals surface area (Å²) in [5.74, 6) is -0.948. The van der Waals surface area contributed by atoms with Gasteiger partial charge in [-0.05, 0) is 13.8 Å². The molecular formula is C18H24N2O7. The fourth-order valence-corrected chi connectivity index (χ4v) is 2.56. The van der Waals surface area contributed by atoms with E-state index in [4.69, 9.17) is 14.2 Å². The first-order valence-electron chi connectivity index (χ1n) is 8.46. The maximum Gasteiger partial charge on any atom is 0.258 e. The number of nitrogens with one attached hydrogen (secondary N) is 2. The van der Waals surface area contributed by atoms with E-state index in [-0.39, 0.29) is 54.1 Å². The Hall–Kier alpha value is -2.81. The topological polar surface area (TPSA) is 123 Å². The highest BCUT2D eigenvalue weighted by Crippen LogP contribution is 2.40. The molecule has 9 nitrogen and oxygen atoms in total. The van der Waals surface area contributed by atoms with Crippen molar-refractivity contribution < 1.29 is 33.7 Å². The summed E-state index contributed by atoms with van der Waals surface area (Å²) < 4.78 is 15.9. The first-order valence-corrected chi connectivity index (χ1v) is 8.46. The minimum atomic E-state index is -0.692. The highest BCUT2D eigenvalue weighted by molar-refractivity contribution is 6.03. The van der Waals surface area contributed by atoms with E-state index >= 15 is 0 Å². The number of hydrogen-bond acceptors (Lipinski definition) is 7. The molecule has 0 atom stereocenters. The molecule has 2 rings (SSSR count). The molecule has 0 radical (unpaired) electrons. The Bertz CT molecular complexity index is 731. The lowest BCUT2D eigenvalue weighted by Crippen LogP contribution is -2.39. The molecule has 0 bridgehead atoms. The number of Topliss-reactive ketones (excluding diaryl/α,β-unsaturated/α-hetero) is 1. The number of hydrogen-bond donors (Lipinski definition) is 3. The van der Waals surface area contributed by atoms with Crippen LogP contribution >= 0.6 is 0 Å². The van der Waals surface area contributed by atoms with Crippen LogP contribution in [-0.4, -0.2) is 61.7 Å². The molecule has 1 aromatic rings. The van der Waals surface area contributed by atoms with Crippen LogP contribution in [0.25, 0.3) is 0 Å². The molecule has 27 heavy (non-hydrogen) atoms. The smallest absolute Gasteiger partial charge is 0.258 e. The van der Waals surface area contributed by atoms with Crippen molar-refractivity contribution in [2.45, 2.75) is 25.9 Å². The van der Waals surface area contributed by atoms with Crippen LogP contribution in [0.5, 0.6) is 17.2 Å². The van der Waals surface area contributed by atoms with Crippen molar-refractivity contribution in [1.82, 2.24) is 10.6 Å². The summed E-state index contributed by atoms with van der Waals surface area (Å²) in [6.45, 7) is 3.72. The Morgan fingerprint density at radius 1 is 1.26 bits per heavy atom. The van der Waals surface area contributed by atoms with Crippen LogP contribution < -0.4 is 20.1 Å². The van der Waals surface area contributed by atoms with Gasteiger partial charge in [-0.15, -0.1) is 0 Å². The summed E-state index contributed by atoms with van der Waals surface area (Å²) in [4.78, 5) is 35.4. The Morgan fingerprint density at radius 3 is 2.70 bits per heavy atom. The predicted octanol–water partition coefficient (Wildman–Crippen LogP) is 0.394. The third-order valence-corrected chi connectivity index (χ3v) is 3.75. The maximum absolute atomic E-state index is 12.2. The number of benzene rings is 1. The molecule has 3 N–H and O–H groups in total. The van der Waals surface area contributed by atoms with Gasteiger partial charge in [0.15, 0.2) is 12.4 Å². The number of carbonyl (C=O) groups excluding carboxylic acids is 3. The monoisotopic (exact) mass is 380 g/mol. The minimum absolute atomic E-state index is 0.110. The molecule has 1 heterocycles. The van der Waals surface area contributed by atoms with Crippen LogP contribution in [0, 0.1) is 0 Å². The number of amides is 2. The molecule has 1 aliphatic rings. The molecule has 1 aromatic carbocycles. The van der Waals surface area contributed by atoms with Crippen LogP contribution in [0.15, 0.2) is 12.1 Å². The van der Waals surface area contributed by atoms with E-state index in [1.54, 1.807) is 13.8 Å². The van der Waals surface area contributed by atoms with E-state index in [1.165, 1.54) is 19.2 Å². The lowest BCUT2D eigenvalue weighted by atomic mass is 9.92. The van der Waals surface area contributed by atoms with E-state index in [1.807, 2.05) is 0 Å². The third-order valence-electron chi connectivity index (χ3n) is 3.75. The third kappa shape index (κ3) is 5.85. The maximum atomic E-state index is 12.2. The van der Waals surface area contributed by atoms with Crippen LogP contribution in [0.1, 0.15) is 30.6 Å². The highest BCUT2D eigenvalue weighted by Gasteiger charge is 2.35. The standard InChI is InChI=1S/C18H24N2O7/c1-18(2)8-13(22)17-12(21)6-11(7-14(17)27-18)26-10-16(24)20-9-15(23)19-4-5-25-3/h6-7,21H,4-5,8-10H2,1-3H3,(H,19,23)(H,20,24). The first-order chi connectivity index (χ1) is 12.7. The fraction of sp³-hybridized carbons (Fsp3) is 0.500. The number of rotatable bonds is 8. The Labute approximate surface area is 157 Å². The number of ether oxygens (including phenoxy) is 3. The highest BCUT2D eigenvalue weighted by atomic mass is 16.5. The van der Waals surface area contributed by atoms with Gasteiger partial charge in [-0.25, -0.2) is 0 Å². The zero-order valence-electron chi connectivity index (χ0n) is 15.6. The summed E-state index contributed by atoms with van der Waals surface area (Å²) in [7, 11) is 1.52. The summed E-state index contributed by atoms with van der Waals surface area (Å²) in [6.07, 6.45) is 0.155. The molecule has 1 aliphatic heterocycles. The second kappa shape index (κ2) is 8.72. The molecule has 0 unspecified atom stereocenters. The fourth-order valence-electron chi connectivity index (χ4n) is 2.56. The largest absolute Gasteiger partial charge is 0.507 e. The number of methoxy groups -OCH3 is 1. The van der Waals surface area contributed by atoms with Gasteiger partial charge < -0.3 is 30.0 Å². The van der Waals surface area contributed by atoms with Gasteiger partial charge >= 0.3 is 0 Å². The molecule has 0 saturated carbocycles. The SMILES string of the molecule is COCCNC(=O)CNC(=O)COc1cc(O)c2c(c1)OC(C)(C)CC2=O. The van der Waals surface area contributed by atoms with Gasteiger partial charge in [-0.3, -0.25) is 14.4 Å². The van der Waals surface area contributed by atoms with Crippen molar-refractivity contribution in [3.05, 3.63) is 17.7 Å². The van der Waals surface area contributed by atoms with E-state index < -0.39 is 11.5 Å². The lowest BCUT2D eigenvalue weighted by Gasteiger charge is -2.32. The van der Waals surface area contributed by atoms with Gasteiger partial charge in [0.05, 0.1) is 19.6 Å². The van der Waals surface area contributed by atoms with Crippen LogP contribution in [0.2, 0.25) is 0 Å². The van der Waals surface area contributed by atoms with Crippen molar-refractivity contribution >= 4 is 17.6 Å². The van der Waals surface area contributed by atoms with Crippen molar-refractivity contribution in [3.8, 4) is 17.2 Å². The first kappa shape index (κ1) is 20.5. The second-order valence-electron chi connectivity index (χ2n) is 6.69. The van der Waals surface area contributed by atoms with E-state index in [0.717, 1.165) is 0 Å². The summed E-state index contributed by atoms with van der Waals surface area (Å²) in [5, 5.41) is 15.1. The number of phenols is 1. The number of aromatic hydroxyl groups is 1.